The Bertz CT molecular complexity index is 1140. The first kappa shape index (κ1) is 23.2. The van der Waals surface area contributed by atoms with Crippen molar-refractivity contribution >= 4 is 27.5 Å². The Morgan fingerprint density at radius 1 is 1.06 bits per heavy atom. The predicted octanol–water partition coefficient (Wildman–Crippen LogP) is 3.48. The van der Waals surface area contributed by atoms with Gasteiger partial charge < -0.3 is 19.5 Å². The van der Waals surface area contributed by atoms with Gasteiger partial charge in [0.05, 0.1) is 13.2 Å². The molecule has 0 saturated carbocycles. The van der Waals surface area contributed by atoms with E-state index in [4.69, 9.17) is 9.26 Å². The number of aromatic nitrogens is 1. The van der Waals surface area contributed by atoms with Gasteiger partial charge in [0.25, 0.3) is 17.4 Å². The number of nitrogens with one attached hydrogen (secondary N) is 2. The molecule has 1 aromatic heterocycles. The van der Waals surface area contributed by atoms with Crippen LogP contribution in [0.4, 0.5) is 5.69 Å². The highest BCUT2D eigenvalue weighted by molar-refractivity contribution is 8.32. The molecule has 2 N–H and O–H groups in total. The summed E-state index contributed by atoms with van der Waals surface area (Å²) in [6.45, 7) is 0. The van der Waals surface area contributed by atoms with Crippen LogP contribution in [0.2, 0.25) is 0 Å². The van der Waals surface area contributed by atoms with Gasteiger partial charge >= 0.3 is 0 Å². The molecule has 1 heterocycles. The highest BCUT2D eigenvalue weighted by Crippen LogP contribution is 2.45. The highest BCUT2D eigenvalue weighted by atomic mass is 32.3. The van der Waals surface area contributed by atoms with Crippen molar-refractivity contribution in [3.63, 3.8) is 0 Å². The molecule has 3 rings (SSSR count). The number of carbonyl (C=O) groups excluding carboxylic acids is 2. The average Bonchev–Trinajstić information content (AvgIpc) is 3.19. The second-order valence-corrected chi connectivity index (χ2v) is 12.2. The van der Waals surface area contributed by atoms with E-state index in [0.717, 1.165) is 6.07 Å². The second-order valence-electron chi connectivity index (χ2n) is 8.02. The van der Waals surface area contributed by atoms with Gasteiger partial charge in [-0.1, -0.05) is 12.1 Å². The summed E-state index contributed by atoms with van der Waals surface area (Å²) in [7, 11) is 2.15. The van der Waals surface area contributed by atoms with Crippen molar-refractivity contribution in [1.82, 2.24) is 10.1 Å². The number of methoxy groups -OCH3 is 1. The summed E-state index contributed by atoms with van der Waals surface area (Å²) in [5, 5.41) is 4.98. The Morgan fingerprint density at radius 3 is 2.19 bits per heavy atom. The Kier molecular flexibility index (Phi) is 6.78. The number of H-pyrrole nitrogens is 1. The lowest BCUT2D eigenvalue weighted by Crippen LogP contribution is -2.38. The minimum absolute atomic E-state index is 0.179. The van der Waals surface area contributed by atoms with Crippen LogP contribution in [0.15, 0.2) is 68.8 Å². The van der Waals surface area contributed by atoms with Crippen molar-refractivity contribution in [1.29, 1.82) is 0 Å². The van der Waals surface area contributed by atoms with Crippen LogP contribution in [0.1, 0.15) is 22.2 Å². The lowest BCUT2D eigenvalue weighted by Gasteiger charge is -2.28. The Balaban J connectivity index is 1.91. The van der Waals surface area contributed by atoms with E-state index >= 15 is 0 Å². The summed E-state index contributed by atoms with van der Waals surface area (Å²) in [4.78, 5) is 40.0. The lowest BCUT2D eigenvalue weighted by molar-refractivity contribution is -0.120. The van der Waals surface area contributed by atoms with Crippen molar-refractivity contribution in [3.8, 4) is 5.75 Å². The van der Waals surface area contributed by atoms with E-state index < -0.39 is 33.4 Å². The number of aromatic amines is 1. The quantitative estimate of drug-likeness (QED) is 0.565. The number of nitrogens with zero attached hydrogens (tertiary/aromatic N) is 1. The van der Waals surface area contributed by atoms with Crippen molar-refractivity contribution in [2.45, 2.75) is 10.9 Å². The van der Waals surface area contributed by atoms with Crippen LogP contribution in [0.25, 0.3) is 0 Å². The van der Waals surface area contributed by atoms with E-state index in [1.165, 1.54) is 16.8 Å². The fraction of sp³-hybridized carbons (Fsp3) is 0.261. The molecule has 0 aliphatic heterocycles. The van der Waals surface area contributed by atoms with Crippen LogP contribution >= 0.6 is 10.0 Å². The van der Waals surface area contributed by atoms with Gasteiger partial charge in [0.15, 0.2) is 0 Å². The Hall–Kier alpha value is -3.46. The molecule has 0 aliphatic carbocycles. The average molecular weight is 458 g/mol. The minimum atomic E-state index is -0.971. The fourth-order valence-corrected chi connectivity index (χ4v) is 4.13. The van der Waals surface area contributed by atoms with Crippen LogP contribution < -0.4 is 15.6 Å². The summed E-state index contributed by atoms with van der Waals surface area (Å²) < 4.78 is 10.1. The van der Waals surface area contributed by atoms with Gasteiger partial charge in [-0.2, -0.15) is 5.16 Å². The third-order valence-electron chi connectivity index (χ3n) is 4.95. The summed E-state index contributed by atoms with van der Waals surface area (Å²) in [5.41, 5.74) is 0.663. The molecule has 0 radical (unpaired) electrons. The van der Waals surface area contributed by atoms with E-state index in [2.05, 4.69) is 29.2 Å². The molecule has 3 aromatic rings. The number of ether oxygens (including phenoxy) is 1. The second kappa shape index (κ2) is 9.35. The van der Waals surface area contributed by atoms with Gasteiger partial charge in [0, 0.05) is 12.7 Å². The van der Waals surface area contributed by atoms with Crippen molar-refractivity contribution < 1.29 is 18.8 Å². The van der Waals surface area contributed by atoms with Gasteiger partial charge in [-0.25, -0.2) is 10.0 Å². The number of rotatable bonds is 7. The van der Waals surface area contributed by atoms with Gasteiger partial charge in [-0.05, 0) is 65.6 Å². The molecule has 1 atom stereocenters. The van der Waals surface area contributed by atoms with Crippen LogP contribution in [0.5, 0.6) is 5.75 Å². The van der Waals surface area contributed by atoms with Gasteiger partial charge in [-0.3, -0.25) is 14.4 Å². The van der Waals surface area contributed by atoms with Crippen molar-refractivity contribution in [2.24, 2.45) is 0 Å². The largest absolute Gasteiger partial charge is 0.497 e. The number of hydrogen-bond acceptors (Lipinski definition) is 5. The van der Waals surface area contributed by atoms with E-state index in [1.807, 2.05) is 24.3 Å². The number of likely N-dealkylation sites (N-methyl/N-ethyl adjacent to an activating group) is 1. The van der Waals surface area contributed by atoms with Crippen molar-refractivity contribution in [2.75, 3.05) is 38.2 Å². The van der Waals surface area contributed by atoms with E-state index in [9.17, 15) is 14.4 Å². The third-order valence-corrected chi connectivity index (χ3v) is 6.64. The molecular weight excluding hydrogens is 430 g/mol. The summed E-state index contributed by atoms with van der Waals surface area (Å²) in [6, 6.07) is 14.6. The highest BCUT2D eigenvalue weighted by Gasteiger charge is 2.31. The maximum absolute atomic E-state index is 13.3. The smallest absolute Gasteiger partial charge is 0.293 e. The number of amides is 2. The SMILES string of the molecule is COc1ccc([C@H](C(=O)Nc2ccc(S(C)(C)C)cc2)N(C)C(=O)c2cc(=O)[nH]o2)cc1. The van der Waals surface area contributed by atoms with Gasteiger partial charge in [0.1, 0.15) is 11.8 Å². The molecular formula is C23H27N3O5S. The zero-order valence-electron chi connectivity index (χ0n) is 18.7. The molecule has 0 bridgehead atoms. The molecule has 170 valence electrons. The summed E-state index contributed by atoms with van der Waals surface area (Å²) in [5.74, 6) is -0.564. The molecule has 2 amide bonds. The van der Waals surface area contributed by atoms with Crippen LogP contribution in [0, 0.1) is 0 Å². The van der Waals surface area contributed by atoms with Crippen LogP contribution in [-0.4, -0.2) is 54.8 Å². The lowest BCUT2D eigenvalue weighted by atomic mass is 10.0. The first-order chi connectivity index (χ1) is 15.1. The molecule has 0 aliphatic rings. The Labute approximate surface area is 187 Å². The van der Waals surface area contributed by atoms with Crippen LogP contribution in [-0.2, 0) is 4.79 Å². The Morgan fingerprint density at radius 2 is 1.69 bits per heavy atom. The number of hydrogen-bond donors (Lipinski definition) is 2. The van der Waals surface area contributed by atoms with Crippen LogP contribution in [0.3, 0.4) is 0 Å². The molecule has 0 fully saturated rings. The normalized spacial score (nSPS) is 12.7. The van der Waals surface area contributed by atoms with E-state index in [0.29, 0.717) is 17.0 Å². The number of anilines is 1. The molecule has 0 saturated heterocycles. The maximum atomic E-state index is 13.3. The van der Waals surface area contributed by atoms with E-state index in [-0.39, 0.29) is 5.76 Å². The summed E-state index contributed by atoms with van der Waals surface area (Å²) >= 11 is 0. The number of benzene rings is 2. The first-order valence-electron chi connectivity index (χ1n) is 9.79. The molecule has 32 heavy (non-hydrogen) atoms. The monoisotopic (exact) mass is 457 g/mol. The molecule has 9 heteroatoms. The number of carbonyl (C=O) groups is 2. The molecule has 8 nitrogen and oxygen atoms in total. The first-order valence-corrected chi connectivity index (χ1v) is 12.6. The molecule has 0 unspecified atom stereocenters. The maximum Gasteiger partial charge on any atom is 0.293 e. The predicted molar refractivity (Wildman–Crippen MR) is 126 cm³/mol. The fourth-order valence-electron chi connectivity index (χ4n) is 3.17. The molecule has 0 spiro atoms. The van der Waals surface area contributed by atoms with Gasteiger partial charge in [0.2, 0.25) is 5.76 Å². The van der Waals surface area contributed by atoms with Gasteiger partial charge in [-0.15, -0.1) is 0 Å². The third kappa shape index (κ3) is 5.23. The zero-order chi connectivity index (χ0) is 23.5. The zero-order valence-corrected chi connectivity index (χ0v) is 19.5. The standard InChI is InChI=1S/C23H27N3O5S/c1-26(23(29)19-14-20(27)25-31-19)21(15-6-10-17(30-2)11-7-15)22(28)24-16-8-12-18(13-9-16)32(3,4)5/h6-14,21H,1-5H3,(H,24,28)(H,25,27)/t21-/m1/s1. The van der Waals surface area contributed by atoms with E-state index in [1.54, 1.807) is 31.4 Å². The minimum Gasteiger partial charge on any atom is -0.497 e. The van der Waals surface area contributed by atoms with Crippen molar-refractivity contribution in [3.05, 3.63) is 76.3 Å². The topological polar surface area (TPSA) is 105 Å². The molecule has 2 aromatic carbocycles. The summed E-state index contributed by atoms with van der Waals surface area (Å²) in [6.07, 6.45) is 6.58.